The Hall–Kier alpha value is -1.97. The van der Waals surface area contributed by atoms with Gasteiger partial charge < -0.3 is 0 Å². The lowest BCUT2D eigenvalue weighted by Crippen LogP contribution is -2.21. The number of halogens is 3. The van der Waals surface area contributed by atoms with Crippen LogP contribution in [0, 0.1) is 10.1 Å². The van der Waals surface area contributed by atoms with E-state index in [4.69, 9.17) is 0 Å². The van der Waals surface area contributed by atoms with Crippen LogP contribution in [0.25, 0.3) is 0 Å². The number of nitro groups is 1. The van der Waals surface area contributed by atoms with Crippen LogP contribution in [0.4, 0.5) is 18.9 Å². The lowest BCUT2D eigenvalue weighted by Gasteiger charge is -2.05. The van der Waals surface area contributed by atoms with Crippen LogP contribution in [0.5, 0.6) is 0 Å². The number of non-ortho nitro benzene ring substituents is 1. The van der Waals surface area contributed by atoms with Gasteiger partial charge in [-0.3, -0.25) is 14.9 Å². The molecule has 1 aromatic carbocycles. The van der Waals surface area contributed by atoms with Crippen molar-refractivity contribution in [3.8, 4) is 0 Å². The van der Waals surface area contributed by atoms with E-state index in [9.17, 15) is 32.3 Å². The molecule has 0 spiro atoms. The molecule has 1 rings (SSSR count). The van der Waals surface area contributed by atoms with Gasteiger partial charge in [0.25, 0.3) is 5.69 Å². The van der Waals surface area contributed by atoms with Crippen molar-refractivity contribution in [1.29, 1.82) is 0 Å². The van der Waals surface area contributed by atoms with E-state index >= 15 is 0 Å². The highest BCUT2D eigenvalue weighted by Crippen LogP contribution is 2.21. The molecular formula is C9H7F3N2O4S. The minimum atomic E-state index is -5.21. The average molecular weight is 296 g/mol. The summed E-state index contributed by atoms with van der Waals surface area (Å²) in [7, 11) is -3.60. The second-order valence-corrected chi connectivity index (χ2v) is 5.71. The summed E-state index contributed by atoms with van der Waals surface area (Å²) in [6, 6.07) is 3.92. The minimum absolute atomic E-state index is 0.198. The predicted octanol–water partition coefficient (Wildman–Crippen LogP) is 2.14. The third kappa shape index (κ3) is 3.74. The van der Waals surface area contributed by atoms with Crippen molar-refractivity contribution in [2.75, 3.05) is 6.26 Å². The molecule has 0 radical (unpaired) electrons. The third-order valence-electron chi connectivity index (χ3n) is 1.98. The fourth-order valence-electron chi connectivity index (χ4n) is 1.08. The van der Waals surface area contributed by atoms with Gasteiger partial charge in [-0.15, -0.1) is 4.36 Å². The van der Waals surface area contributed by atoms with Crippen LogP contribution >= 0.6 is 0 Å². The van der Waals surface area contributed by atoms with E-state index in [1.54, 1.807) is 0 Å². The topological polar surface area (TPSA) is 89.6 Å². The summed E-state index contributed by atoms with van der Waals surface area (Å²) in [5.74, 6) is -2.46. The van der Waals surface area contributed by atoms with Crippen LogP contribution in [-0.2, 0) is 14.5 Å². The zero-order valence-corrected chi connectivity index (χ0v) is 10.2. The number of alkyl halides is 3. The molecule has 0 aromatic heterocycles. The Morgan fingerprint density at radius 2 is 1.79 bits per heavy atom. The molecule has 19 heavy (non-hydrogen) atoms. The predicted molar refractivity (Wildman–Crippen MR) is 58.9 cm³/mol. The van der Waals surface area contributed by atoms with E-state index in [0.717, 1.165) is 30.5 Å². The smallest absolute Gasteiger partial charge is 0.261 e. The molecule has 0 saturated heterocycles. The zero-order chi connectivity index (χ0) is 14.8. The van der Waals surface area contributed by atoms with Crippen molar-refractivity contribution in [3.63, 3.8) is 0 Å². The van der Waals surface area contributed by atoms with Gasteiger partial charge in [-0.05, 0) is 12.1 Å². The summed E-state index contributed by atoms with van der Waals surface area (Å²) >= 11 is 0. The number of hydrogen-bond acceptors (Lipinski definition) is 4. The highest BCUT2D eigenvalue weighted by atomic mass is 32.2. The maximum absolute atomic E-state index is 12.0. The molecule has 1 atom stereocenters. The van der Waals surface area contributed by atoms with Gasteiger partial charge in [-0.1, -0.05) is 0 Å². The summed E-state index contributed by atoms with van der Waals surface area (Å²) < 4.78 is 50.5. The Morgan fingerprint density at radius 3 is 2.16 bits per heavy atom. The Balaban J connectivity index is 3.21. The molecule has 0 aliphatic carbocycles. The summed E-state index contributed by atoms with van der Waals surface area (Å²) in [4.78, 5) is 20.1. The van der Waals surface area contributed by atoms with Crippen LogP contribution in [0.3, 0.4) is 0 Å². The molecule has 1 amide bonds. The number of carbonyl (C=O) groups is 1. The molecule has 0 fully saturated rings. The van der Waals surface area contributed by atoms with Gasteiger partial charge in [0.1, 0.15) is 0 Å². The van der Waals surface area contributed by atoms with E-state index in [1.165, 1.54) is 0 Å². The number of benzene rings is 1. The molecule has 10 heteroatoms. The zero-order valence-electron chi connectivity index (χ0n) is 9.38. The lowest BCUT2D eigenvalue weighted by molar-refractivity contribution is -0.384. The van der Waals surface area contributed by atoms with Crippen LogP contribution < -0.4 is 0 Å². The molecule has 1 unspecified atom stereocenters. The summed E-state index contributed by atoms with van der Waals surface area (Å²) in [6.07, 6.45) is -4.36. The highest BCUT2D eigenvalue weighted by Gasteiger charge is 2.39. The monoisotopic (exact) mass is 296 g/mol. The molecular weight excluding hydrogens is 289 g/mol. The summed E-state index contributed by atoms with van der Waals surface area (Å²) in [6.45, 7) is 0. The highest BCUT2D eigenvalue weighted by molar-refractivity contribution is 7.93. The van der Waals surface area contributed by atoms with Crippen LogP contribution in [0.2, 0.25) is 0 Å². The van der Waals surface area contributed by atoms with E-state index in [2.05, 4.69) is 4.36 Å². The molecule has 6 nitrogen and oxygen atoms in total. The fraction of sp³-hybridized carbons (Fsp3) is 0.222. The molecule has 0 bridgehead atoms. The molecule has 0 heterocycles. The van der Waals surface area contributed by atoms with E-state index < -0.39 is 26.7 Å². The Morgan fingerprint density at radius 1 is 1.32 bits per heavy atom. The molecule has 0 aliphatic rings. The second kappa shape index (κ2) is 4.96. The van der Waals surface area contributed by atoms with E-state index in [1.807, 2.05) is 0 Å². The van der Waals surface area contributed by atoms with Gasteiger partial charge in [-0.2, -0.15) is 13.2 Å². The average Bonchev–Trinajstić information content (AvgIpc) is 2.27. The Labute approximate surface area is 105 Å². The SMILES string of the molecule is CS(=O)(=NC(=O)C(F)(F)F)c1ccc([N+](=O)[O-])cc1. The quantitative estimate of drug-likeness (QED) is 0.617. The van der Waals surface area contributed by atoms with Crippen molar-refractivity contribution in [1.82, 2.24) is 0 Å². The maximum Gasteiger partial charge on any atom is 0.474 e. The maximum atomic E-state index is 12.0. The van der Waals surface area contributed by atoms with Gasteiger partial charge in [-0.25, -0.2) is 4.21 Å². The van der Waals surface area contributed by atoms with Gasteiger partial charge in [0, 0.05) is 23.3 Å². The first-order valence-corrected chi connectivity index (χ1v) is 6.54. The normalized spacial score (nSPS) is 14.5. The molecule has 104 valence electrons. The first-order chi connectivity index (χ1) is 8.54. The van der Waals surface area contributed by atoms with Crippen LogP contribution in [0.15, 0.2) is 33.5 Å². The Bertz CT molecular complexity index is 630. The number of nitro benzene ring substituents is 1. The summed E-state index contributed by atoms with van der Waals surface area (Å²) in [5, 5.41) is 10.4. The van der Waals surface area contributed by atoms with Crippen LogP contribution in [-0.4, -0.2) is 27.5 Å². The number of nitrogens with zero attached hydrogens (tertiary/aromatic N) is 2. The first-order valence-electron chi connectivity index (χ1n) is 4.62. The molecule has 0 saturated carbocycles. The molecule has 0 N–H and O–H groups in total. The van der Waals surface area contributed by atoms with Crippen molar-refractivity contribution < 1.29 is 27.1 Å². The minimum Gasteiger partial charge on any atom is -0.261 e. The number of hydrogen-bond donors (Lipinski definition) is 0. The van der Waals surface area contributed by atoms with E-state index in [-0.39, 0.29) is 10.6 Å². The third-order valence-corrected chi connectivity index (χ3v) is 3.65. The van der Waals surface area contributed by atoms with Crippen molar-refractivity contribution in [2.24, 2.45) is 4.36 Å². The van der Waals surface area contributed by atoms with Gasteiger partial charge in [0.2, 0.25) is 0 Å². The van der Waals surface area contributed by atoms with E-state index in [0.29, 0.717) is 0 Å². The largest absolute Gasteiger partial charge is 0.474 e. The molecule has 0 aliphatic heterocycles. The van der Waals surface area contributed by atoms with Crippen molar-refractivity contribution >= 4 is 21.3 Å². The Kier molecular flexibility index (Phi) is 3.94. The number of carbonyl (C=O) groups excluding carboxylic acids is 1. The van der Waals surface area contributed by atoms with Crippen molar-refractivity contribution in [3.05, 3.63) is 34.4 Å². The standard InChI is InChI=1S/C9H7F3N2O4S/c1-19(18,13-8(15)9(10,11)12)7-4-2-6(3-5-7)14(16)17/h2-5H,1H3. The van der Waals surface area contributed by atoms with Gasteiger partial charge >= 0.3 is 12.1 Å². The first kappa shape index (κ1) is 15.1. The van der Waals surface area contributed by atoms with Gasteiger partial charge in [0.05, 0.1) is 14.7 Å². The summed E-state index contributed by atoms with van der Waals surface area (Å²) in [5.41, 5.74) is -0.318. The fourth-order valence-corrected chi connectivity index (χ4v) is 2.25. The van der Waals surface area contributed by atoms with Gasteiger partial charge in [0.15, 0.2) is 0 Å². The van der Waals surface area contributed by atoms with Crippen molar-refractivity contribution in [2.45, 2.75) is 11.1 Å². The van der Waals surface area contributed by atoms with Crippen LogP contribution in [0.1, 0.15) is 0 Å². The molecule has 1 aromatic rings. The number of amides is 1. The second-order valence-electron chi connectivity index (χ2n) is 3.45. The lowest BCUT2D eigenvalue weighted by atomic mass is 10.3. The number of rotatable bonds is 2.